The van der Waals surface area contributed by atoms with E-state index >= 15 is 0 Å². The van der Waals surface area contributed by atoms with Gasteiger partial charge in [-0.2, -0.15) is 0 Å². The Morgan fingerprint density at radius 2 is 1.76 bits per heavy atom. The average Bonchev–Trinajstić information content (AvgIpc) is 3.31. The zero-order valence-electron chi connectivity index (χ0n) is 20.3. The number of aryl methyl sites for hydroxylation is 1. The molecule has 6 heteroatoms. The number of hydrogen-bond acceptors (Lipinski definition) is 4. The Bertz CT molecular complexity index is 1100. The standard InChI is InChI=1S/C27H33N3O3/c1-18(2)20(4)30(27(32)21-10-7-9-19(3)15-21)17-22-16-23(12-13-24(22)29(5)6)28-26(31)25-11-8-14-33-25/h7-16,18,20H,17H2,1-6H3,(H,28,31). The molecule has 1 unspecified atom stereocenters. The van der Waals surface area contributed by atoms with Crippen molar-refractivity contribution in [1.29, 1.82) is 0 Å². The summed E-state index contributed by atoms with van der Waals surface area (Å²) in [5, 5.41) is 2.89. The number of anilines is 2. The molecule has 0 saturated carbocycles. The maximum atomic E-state index is 13.6. The lowest BCUT2D eigenvalue weighted by atomic mass is 10.0. The smallest absolute Gasteiger partial charge is 0.291 e. The van der Waals surface area contributed by atoms with Crippen molar-refractivity contribution in [3.63, 3.8) is 0 Å². The van der Waals surface area contributed by atoms with Crippen molar-refractivity contribution in [2.75, 3.05) is 24.3 Å². The zero-order chi connectivity index (χ0) is 24.1. The largest absolute Gasteiger partial charge is 0.459 e. The SMILES string of the molecule is Cc1cccc(C(=O)N(Cc2cc(NC(=O)c3ccco3)ccc2N(C)C)C(C)C(C)C)c1. The minimum atomic E-state index is -0.313. The van der Waals surface area contributed by atoms with Gasteiger partial charge < -0.3 is 19.5 Å². The molecule has 1 atom stereocenters. The monoisotopic (exact) mass is 447 g/mol. The minimum absolute atomic E-state index is 0.00497. The van der Waals surface area contributed by atoms with Gasteiger partial charge in [-0.1, -0.05) is 31.5 Å². The Morgan fingerprint density at radius 1 is 1.00 bits per heavy atom. The van der Waals surface area contributed by atoms with Crippen LogP contribution in [-0.2, 0) is 6.54 Å². The molecule has 6 nitrogen and oxygen atoms in total. The summed E-state index contributed by atoms with van der Waals surface area (Å²) in [6, 6.07) is 16.8. The van der Waals surface area contributed by atoms with E-state index in [-0.39, 0.29) is 29.5 Å². The first-order chi connectivity index (χ1) is 15.7. The summed E-state index contributed by atoms with van der Waals surface area (Å²) in [7, 11) is 3.94. The van der Waals surface area contributed by atoms with Crippen LogP contribution in [0.2, 0.25) is 0 Å². The Balaban J connectivity index is 1.96. The molecule has 0 aliphatic heterocycles. The van der Waals surface area contributed by atoms with Crippen molar-refractivity contribution in [3.05, 3.63) is 83.3 Å². The van der Waals surface area contributed by atoms with E-state index < -0.39 is 0 Å². The van der Waals surface area contributed by atoms with Crippen LogP contribution < -0.4 is 10.2 Å². The van der Waals surface area contributed by atoms with E-state index in [1.807, 2.05) is 73.3 Å². The van der Waals surface area contributed by atoms with Gasteiger partial charge in [-0.25, -0.2) is 0 Å². The normalized spacial score (nSPS) is 11.8. The van der Waals surface area contributed by atoms with Crippen LogP contribution in [-0.4, -0.2) is 36.9 Å². The van der Waals surface area contributed by atoms with Crippen molar-refractivity contribution in [3.8, 4) is 0 Å². The van der Waals surface area contributed by atoms with Gasteiger partial charge in [0.25, 0.3) is 11.8 Å². The van der Waals surface area contributed by atoms with E-state index in [2.05, 4.69) is 26.1 Å². The second-order valence-electron chi connectivity index (χ2n) is 8.96. The molecule has 0 saturated heterocycles. The quantitative estimate of drug-likeness (QED) is 0.489. The van der Waals surface area contributed by atoms with Crippen molar-refractivity contribution in [1.82, 2.24) is 4.90 Å². The molecule has 0 aliphatic rings. The van der Waals surface area contributed by atoms with Gasteiger partial charge in [0.15, 0.2) is 5.76 Å². The topological polar surface area (TPSA) is 65.8 Å². The third-order valence-corrected chi connectivity index (χ3v) is 5.89. The highest BCUT2D eigenvalue weighted by Crippen LogP contribution is 2.27. The van der Waals surface area contributed by atoms with Crippen molar-refractivity contribution in [2.24, 2.45) is 5.92 Å². The summed E-state index contributed by atoms with van der Waals surface area (Å²) in [4.78, 5) is 30.0. The third-order valence-electron chi connectivity index (χ3n) is 5.89. The first-order valence-corrected chi connectivity index (χ1v) is 11.2. The predicted octanol–water partition coefficient (Wildman–Crippen LogP) is 5.59. The fraction of sp³-hybridized carbons (Fsp3) is 0.333. The molecule has 3 aromatic rings. The number of furan rings is 1. The molecule has 2 amide bonds. The second kappa shape index (κ2) is 10.4. The molecule has 33 heavy (non-hydrogen) atoms. The zero-order valence-corrected chi connectivity index (χ0v) is 20.3. The van der Waals surface area contributed by atoms with Crippen LogP contribution in [0.15, 0.2) is 65.3 Å². The van der Waals surface area contributed by atoms with Gasteiger partial charge in [0.05, 0.1) is 6.26 Å². The average molecular weight is 448 g/mol. The third kappa shape index (κ3) is 5.83. The van der Waals surface area contributed by atoms with Crippen molar-refractivity contribution >= 4 is 23.2 Å². The van der Waals surface area contributed by atoms with E-state index in [4.69, 9.17) is 4.42 Å². The fourth-order valence-electron chi connectivity index (χ4n) is 3.71. The number of amides is 2. The summed E-state index contributed by atoms with van der Waals surface area (Å²) in [5.41, 5.74) is 4.32. The molecular formula is C27H33N3O3. The molecule has 0 spiro atoms. The van der Waals surface area contributed by atoms with E-state index in [0.717, 1.165) is 16.8 Å². The molecule has 2 aromatic carbocycles. The molecule has 3 rings (SSSR count). The predicted molar refractivity (Wildman–Crippen MR) is 133 cm³/mol. The second-order valence-corrected chi connectivity index (χ2v) is 8.96. The number of nitrogens with zero attached hydrogens (tertiary/aromatic N) is 2. The maximum absolute atomic E-state index is 13.6. The highest BCUT2D eigenvalue weighted by atomic mass is 16.3. The minimum Gasteiger partial charge on any atom is -0.459 e. The molecule has 0 aliphatic carbocycles. The highest BCUT2D eigenvalue weighted by Gasteiger charge is 2.25. The van der Waals surface area contributed by atoms with Crippen molar-refractivity contribution < 1.29 is 14.0 Å². The lowest BCUT2D eigenvalue weighted by molar-refractivity contribution is 0.0628. The number of nitrogens with one attached hydrogen (secondary N) is 1. The van der Waals surface area contributed by atoms with Crippen LogP contribution in [0, 0.1) is 12.8 Å². The van der Waals surface area contributed by atoms with Gasteiger partial charge in [-0.3, -0.25) is 9.59 Å². The maximum Gasteiger partial charge on any atom is 0.291 e. The number of carbonyl (C=O) groups is 2. The van der Waals surface area contributed by atoms with Gasteiger partial charge in [0.1, 0.15) is 0 Å². The van der Waals surface area contributed by atoms with E-state index in [1.54, 1.807) is 12.1 Å². The van der Waals surface area contributed by atoms with Crippen LogP contribution in [0.4, 0.5) is 11.4 Å². The highest BCUT2D eigenvalue weighted by molar-refractivity contribution is 6.02. The summed E-state index contributed by atoms with van der Waals surface area (Å²) in [6.45, 7) is 8.73. The first kappa shape index (κ1) is 24.1. The lowest BCUT2D eigenvalue weighted by Crippen LogP contribution is -2.41. The van der Waals surface area contributed by atoms with Gasteiger partial charge in [0.2, 0.25) is 0 Å². The Labute approximate surface area is 196 Å². The first-order valence-electron chi connectivity index (χ1n) is 11.2. The number of hydrogen-bond donors (Lipinski definition) is 1. The van der Waals surface area contributed by atoms with Gasteiger partial charge in [-0.15, -0.1) is 0 Å². The van der Waals surface area contributed by atoms with Crippen LogP contribution >= 0.6 is 0 Å². The Hall–Kier alpha value is -3.54. The Kier molecular flexibility index (Phi) is 7.59. The molecule has 174 valence electrons. The number of rotatable bonds is 8. The van der Waals surface area contributed by atoms with E-state index in [1.165, 1.54) is 6.26 Å². The summed E-state index contributed by atoms with van der Waals surface area (Å²) in [5.74, 6) is 0.211. The van der Waals surface area contributed by atoms with Crippen LogP contribution in [0.5, 0.6) is 0 Å². The molecular weight excluding hydrogens is 414 g/mol. The lowest BCUT2D eigenvalue weighted by Gasteiger charge is -2.33. The summed E-state index contributed by atoms with van der Waals surface area (Å²) >= 11 is 0. The summed E-state index contributed by atoms with van der Waals surface area (Å²) in [6.07, 6.45) is 1.47. The van der Waals surface area contributed by atoms with Gasteiger partial charge >= 0.3 is 0 Å². The number of carbonyl (C=O) groups excluding carboxylic acids is 2. The molecule has 1 heterocycles. The van der Waals surface area contributed by atoms with Crippen LogP contribution in [0.1, 0.15) is 52.8 Å². The van der Waals surface area contributed by atoms with Gasteiger partial charge in [-0.05, 0) is 67.8 Å². The Morgan fingerprint density at radius 3 is 2.36 bits per heavy atom. The van der Waals surface area contributed by atoms with Gasteiger partial charge in [0, 0.05) is 43.6 Å². The molecule has 1 N–H and O–H groups in total. The van der Waals surface area contributed by atoms with E-state index in [9.17, 15) is 9.59 Å². The summed E-state index contributed by atoms with van der Waals surface area (Å²) < 4.78 is 5.20. The van der Waals surface area contributed by atoms with Crippen LogP contribution in [0.25, 0.3) is 0 Å². The van der Waals surface area contributed by atoms with Crippen LogP contribution in [0.3, 0.4) is 0 Å². The molecule has 0 fully saturated rings. The molecule has 0 radical (unpaired) electrons. The fourth-order valence-corrected chi connectivity index (χ4v) is 3.71. The van der Waals surface area contributed by atoms with Crippen molar-refractivity contribution in [2.45, 2.75) is 40.3 Å². The number of benzene rings is 2. The molecule has 0 bridgehead atoms. The molecule has 1 aromatic heterocycles. The van der Waals surface area contributed by atoms with E-state index in [0.29, 0.717) is 17.8 Å².